The molecular weight excluding hydrogens is 901 g/mol. The van der Waals surface area contributed by atoms with Gasteiger partial charge in [0.05, 0.1) is 12.1 Å². The molecule has 0 bridgehead atoms. The van der Waals surface area contributed by atoms with Gasteiger partial charge < -0.3 is 23.8 Å². The van der Waals surface area contributed by atoms with E-state index in [0.717, 1.165) is 27.8 Å². The zero-order valence-electron chi connectivity index (χ0n) is 39.3. The van der Waals surface area contributed by atoms with Crippen molar-refractivity contribution in [3.05, 3.63) is 299 Å². The normalized spacial score (nSPS) is 11.7. The molecule has 0 spiro atoms. The summed E-state index contributed by atoms with van der Waals surface area (Å²) >= 11 is 0. The van der Waals surface area contributed by atoms with Gasteiger partial charge in [0.25, 0.3) is 5.91 Å². The molecule has 0 atom stereocenters. The Bertz CT molecular complexity index is 3110. The van der Waals surface area contributed by atoms with Gasteiger partial charge in [0.1, 0.15) is 32.2 Å². The largest absolute Gasteiger partial charge is 0.489 e. The number of rotatable bonds is 20. The van der Waals surface area contributed by atoms with Gasteiger partial charge in [-0.25, -0.2) is 4.79 Å². The van der Waals surface area contributed by atoms with E-state index >= 15 is 4.79 Å². The molecule has 8 aromatic rings. The molecule has 0 fully saturated rings. The minimum absolute atomic E-state index is 0.0987. The predicted molar refractivity (Wildman–Crippen MR) is 276 cm³/mol. The highest BCUT2D eigenvalue weighted by molar-refractivity contribution is 6.11. The summed E-state index contributed by atoms with van der Waals surface area (Å²) < 4.78 is 25.4. The van der Waals surface area contributed by atoms with Crippen LogP contribution in [0.3, 0.4) is 0 Å². The molecule has 1 aliphatic heterocycles. The van der Waals surface area contributed by atoms with Crippen molar-refractivity contribution in [2.75, 3.05) is 0 Å². The minimum atomic E-state index is -0.655. The second-order valence-corrected chi connectivity index (χ2v) is 16.7. The van der Waals surface area contributed by atoms with E-state index in [1.807, 2.05) is 152 Å². The highest BCUT2D eigenvalue weighted by Crippen LogP contribution is 2.41. The maximum absolute atomic E-state index is 15.0. The molecule has 356 valence electrons. The van der Waals surface area contributed by atoms with Crippen LogP contribution in [0, 0.1) is 0 Å². The summed E-state index contributed by atoms with van der Waals surface area (Å²) in [4.78, 5) is 51.2. The fraction of sp³-hybridized carbons (Fsp3) is 0.0806. The summed E-state index contributed by atoms with van der Waals surface area (Å²) in [6.45, 7) is 1.09. The van der Waals surface area contributed by atoms with Crippen molar-refractivity contribution in [2.45, 2.75) is 33.0 Å². The molecule has 1 aliphatic rings. The van der Waals surface area contributed by atoms with Crippen molar-refractivity contribution in [1.29, 1.82) is 0 Å². The smallest absolute Gasteiger partial charge is 0.363 e. The first-order valence-electron chi connectivity index (χ1n) is 23.5. The highest BCUT2D eigenvalue weighted by Gasteiger charge is 2.28. The van der Waals surface area contributed by atoms with Crippen molar-refractivity contribution in [3.63, 3.8) is 0 Å². The van der Waals surface area contributed by atoms with E-state index in [2.05, 4.69) is 0 Å². The van der Waals surface area contributed by atoms with Crippen molar-refractivity contribution in [3.8, 4) is 23.0 Å². The molecule has 72 heavy (non-hydrogen) atoms. The summed E-state index contributed by atoms with van der Waals surface area (Å²) in [5.41, 5.74) is 5.61. The Morgan fingerprint density at radius 1 is 0.417 bits per heavy atom. The van der Waals surface area contributed by atoms with Gasteiger partial charge in [-0.1, -0.05) is 176 Å². The fourth-order valence-corrected chi connectivity index (χ4v) is 7.74. The number of hydrogen-bond acceptors (Lipinski definition) is 9. The summed E-state index contributed by atoms with van der Waals surface area (Å²) in [7, 11) is 0. The third-order valence-corrected chi connectivity index (χ3v) is 11.5. The fourth-order valence-electron chi connectivity index (χ4n) is 7.74. The molecule has 10 nitrogen and oxygen atoms in total. The van der Waals surface area contributed by atoms with Crippen molar-refractivity contribution < 1.29 is 38.2 Å². The summed E-state index contributed by atoms with van der Waals surface area (Å²) in [6.07, 6.45) is 8.49. The van der Waals surface area contributed by atoms with E-state index in [1.54, 1.807) is 91.2 Å². The topological polar surface area (TPSA) is 104 Å². The van der Waals surface area contributed by atoms with Crippen molar-refractivity contribution in [1.82, 2.24) is 9.96 Å². The Kier molecular flexibility index (Phi) is 15.7. The van der Waals surface area contributed by atoms with Gasteiger partial charge in [0.15, 0.2) is 23.1 Å². The number of carbonyl (C=O) groups excluding carboxylic acids is 3. The number of hydroxylamine groups is 2. The molecule has 0 N–H and O–H groups in total. The molecule has 10 heteroatoms. The van der Waals surface area contributed by atoms with E-state index in [9.17, 15) is 9.59 Å². The van der Waals surface area contributed by atoms with Crippen LogP contribution in [0.5, 0.6) is 23.0 Å². The lowest BCUT2D eigenvalue weighted by Crippen LogP contribution is -2.38. The third kappa shape index (κ3) is 12.6. The van der Waals surface area contributed by atoms with Crippen LogP contribution in [0.25, 0.3) is 0 Å². The Morgan fingerprint density at radius 2 is 0.903 bits per heavy atom. The SMILES string of the molecule is O=C(ON1C=CC=CC=C1N(Cc1ccccc1)C(=O)c1cccc(C(=O)c2cc(OCc3ccccc3)c(OCc3ccccc3)c(OCc3ccccc3)c2)c1)c1ccc(OCc2ccccc2)cc1. The van der Waals surface area contributed by atoms with Crippen LogP contribution in [-0.2, 0) is 37.8 Å². The van der Waals surface area contributed by atoms with Gasteiger partial charge in [-0.3, -0.25) is 14.5 Å². The number of hydrogen-bond donors (Lipinski definition) is 0. The second-order valence-electron chi connectivity index (χ2n) is 16.7. The number of amides is 1. The summed E-state index contributed by atoms with van der Waals surface area (Å²) in [5, 5.41) is 1.27. The monoisotopic (exact) mass is 950 g/mol. The zero-order valence-corrected chi connectivity index (χ0v) is 39.3. The summed E-state index contributed by atoms with van der Waals surface area (Å²) in [5.74, 6) is 0.334. The van der Waals surface area contributed by atoms with Gasteiger partial charge in [0, 0.05) is 22.9 Å². The second kappa shape index (κ2) is 23.7. The summed E-state index contributed by atoms with van der Waals surface area (Å²) in [6, 6.07) is 65.0. The average Bonchev–Trinajstić information content (AvgIpc) is 3.68. The molecule has 0 saturated carbocycles. The van der Waals surface area contributed by atoms with Gasteiger partial charge in [-0.05, 0) is 88.5 Å². The molecule has 9 rings (SSSR count). The Hall–Kier alpha value is -9.41. The number of ether oxygens (including phenoxy) is 4. The van der Waals surface area contributed by atoms with Gasteiger partial charge in [-0.15, -0.1) is 0 Å². The quantitative estimate of drug-likeness (QED) is 0.0691. The van der Waals surface area contributed by atoms with E-state index < -0.39 is 11.9 Å². The average molecular weight is 951 g/mol. The first-order valence-corrected chi connectivity index (χ1v) is 23.5. The maximum atomic E-state index is 15.0. The molecule has 0 unspecified atom stereocenters. The van der Waals surface area contributed by atoms with Crippen LogP contribution in [0.15, 0.2) is 249 Å². The number of ketones is 1. The van der Waals surface area contributed by atoms with Crippen LogP contribution in [0.4, 0.5) is 0 Å². The maximum Gasteiger partial charge on any atom is 0.363 e. The van der Waals surface area contributed by atoms with E-state index in [1.165, 1.54) is 9.96 Å². The molecule has 1 amide bonds. The van der Waals surface area contributed by atoms with Gasteiger partial charge in [0.2, 0.25) is 5.75 Å². The Balaban J connectivity index is 1.01. The van der Waals surface area contributed by atoms with Gasteiger partial charge >= 0.3 is 5.97 Å². The predicted octanol–water partition coefficient (Wildman–Crippen LogP) is 12.9. The molecule has 0 aliphatic carbocycles. The lowest BCUT2D eigenvalue weighted by Gasteiger charge is -2.31. The van der Waals surface area contributed by atoms with E-state index in [0.29, 0.717) is 29.6 Å². The molecule has 1 heterocycles. The Morgan fingerprint density at radius 3 is 1.44 bits per heavy atom. The Labute approximate surface area is 418 Å². The minimum Gasteiger partial charge on any atom is -0.489 e. The first-order chi connectivity index (χ1) is 35.4. The van der Waals surface area contributed by atoms with Crippen molar-refractivity contribution >= 4 is 17.7 Å². The number of nitrogens with zero attached hydrogens (tertiary/aromatic N) is 2. The third-order valence-electron chi connectivity index (χ3n) is 11.5. The molecule has 8 aromatic carbocycles. The standard InChI is InChI=1S/C62H50N2O8/c65-59(54-39-56(69-43-48-24-11-3-12-25-48)60(71-45-50-28-15-5-16-29-50)57(40-54)70-44-49-26-13-4-14-27-49)52-30-19-31-53(38-52)61(66)63(41-46-20-7-1-8-21-46)58-32-17-6-18-37-64(58)72-62(67)51-33-35-55(36-34-51)68-42-47-22-9-2-10-23-47/h1-40H,41-45H2. The van der Waals surface area contributed by atoms with Crippen LogP contribution in [0.2, 0.25) is 0 Å². The van der Waals surface area contributed by atoms with Crippen LogP contribution < -0.4 is 18.9 Å². The van der Waals surface area contributed by atoms with Crippen LogP contribution in [-0.4, -0.2) is 27.6 Å². The lowest BCUT2D eigenvalue weighted by molar-refractivity contribution is -0.0653. The molecule has 0 aromatic heterocycles. The number of carbonyl (C=O) groups is 3. The van der Waals surface area contributed by atoms with E-state index in [4.69, 9.17) is 23.8 Å². The van der Waals surface area contributed by atoms with Crippen LogP contribution in [0.1, 0.15) is 64.5 Å². The van der Waals surface area contributed by atoms with Crippen LogP contribution >= 0.6 is 0 Å². The molecular formula is C62H50N2O8. The van der Waals surface area contributed by atoms with Crippen molar-refractivity contribution in [2.24, 2.45) is 0 Å². The van der Waals surface area contributed by atoms with E-state index in [-0.39, 0.29) is 60.2 Å². The molecule has 0 saturated heterocycles. The first kappa shape index (κ1) is 47.6. The zero-order chi connectivity index (χ0) is 49.3. The highest BCUT2D eigenvalue weighted by atomic mass is 16.7. The number of allylic oxidation sites excluding steroid dienone is 4. The molecule has 0 radical (unpaired) electrons. The lowest BCUT2D eigenvalue weighted by atomic mass is 10.00. The number of benzene rings is 8. The van der Waals surface area contributed by atoms with Gasteiger partial charge in [-0.2, -0.15) is 5.06 Å².